The molecule has 100 valence electrons. The summed E-state index contributed by atoms with van der Waals surface area (Å²) >= 11 is 0. The van der Waals surface area contributed by atoms with E-state index < -0.39 is 0 Å². The molecule has 0 aromatic heterocycles. The van der Waals surface area contributed by atoms with E-state index in [-0.39, 0.29) is 11.6 Å². The lowest BCUT2D eigenvalue weighted by molar-refractivity contribution is -0.0571. The highest BCUT2D eigenvalue weighted by Gasteiger charge is 2.41. The van der Waals surface area contributed by atoms with Crippen LogP contribution in [-0.4, -0.2) is 67.3 Å². The number of hydrogen-bond acceptors (Lipinski definition) is 4. The second kappa shape index (κ2) is 5.22. The predicted molar refractivity (Wildman–Crippen MR) is 70.1 cm³/mol. The van der Waals surface area contributed by atoms with E-state index >= 15 is 0 Å². The van der Waals surface area contributed by atoms with Crippen LogP contribution in [0.3, 0.4) is 0 Å². The van der Waals surface area contributed by atoms with E-state index in [4.69, 9.17) is 10.5 Å². The third kappa shape index (κ3) is 2.36. The molecule has 2 rings (SSSR count). The molecule has 2 heterocycles. The van der Waals surface area contributed by atoms with Crippen LogP contribution in [0.5, 0.6) is 0 Å². The molecule has 0 aromatic carbocycles. The van der Waals surface area contributed by atoms with Gasteiger partial charge in [-0.05, 0) is 33.2 Å². The van der Waals surface area contributed by atoms with Crippen LogP contribution in [0.1, 0.15) is 26.7 Å². The summed E-state index contributed by atoms with van der Waals surface area (Å²) in [6.07, 6.45) is 2.89. The van der Waals surface area contributed by atoms with E-state index in [2.05, 4.69) is 23.6 Å². The molecule has 2 aliphatic rings. The first-order chi connectivity index (χ1) is 8.11. The maximum atomic E-state index is 6.02. The van der Waals surface area contributed by atoms with Crippen LogP contribution in [0.2, 0.25) is 0 Å². The number of piperazine rings is 1. The quantitative estimate of drug-likeness (QED) is 0.779. The van der Waals surface area contributed by atoms with E-state index in [0.29, 0.717) is 6.54 Å². The number of nitrogens with zero attached hydrogens (tertiary/aromatic N) is 2. The number of hydrogen-bond donors (Lipinski definition) is 1. The average Bonchev–Trinajstić information content (AvgIpc) is 2.83. The predicted octanol–water partition coefficient (Wildman–Crippen LogP) is 0.519. The summed E-state index contributed by atoms with van der Waals surface area (Å²) in [5.41, 5.74) is 5.99. The summed E-state index contributed by atoms with van der Waals surface area (Å²) in [5, 5.41) is 0. The standard InChI is InChI=1S/C13H27N3O/c1-11(17-3)13(2,10-14)16-8-7-15-6-4-5-12(15)9-16/h11-12H,4-10,14H2,1-3H3. The van der Waals surface area contributed by atoms with Gasteiger partial charge >= 0.3 is 0 Å². The lowest BCUT2D eigenvalue weighted by Crippen LogP contribution is -2.65. The third-order valence-corrected chi connectivity index (χ3v) is 4.95. The van der Waals surface area contributed by atoms with Crippen molar-refractivity contribution < 1.29 is 4.74 Å². The molecule has 0 bridgehead atoms. The fraction of sp³-hybridized carbons (Fsp3) is 1.00. The van der Waals surface area contributed by atoms with Gasteiger partial charge in [-0.1, -0.05) is 0 Å². The largest absolute Gasteiger partial charge is 0.380 e. The molecule has 3 atom stereocenters. The highest BCUT2D eigenvalue weighted by molar-refractivity contribution is 4.98. The van der Waals surface area contributed by atoms with Gasteiger partial charge in [0.1, 0.15) is 0 Å². The Morgan fingerprint density at radius 2 is 2.18 bits per heavy atom. The van der Waals surface area contributed by atoms with Crippen molar-refractivity contribution in [1.29, 1.82) is 0 Å². The molecule has 2 N–H and O–H groups in total. The summed E-state index contributed by atoms with van der Waals surface area (Å²) in [6, 6.07) is 0.749. The summed E-state index contributed by atoms with van der Waals surface area (Å²) in [4.78, 5) is 5.18. The van der Waals surface area contributed by atoms with Crippen LogP contribution in [0.4, 0.5) is 0 Å². The summed E-state index contributed by atoms with van der Waals surface area (Å²) in [6.45, 7) is 9.79. The normalized spacial score (nSPS) is 32.1. The van der Waals surface area contributed by atoms with Crippen molar-refractivity contribution in [3.8, 4) is 0 Å². The van der Waals surface area contributed by atoms with Gasteiger partial charge in [0, 0.05) is 39.3 Å². The molecule has 2 fully saturated rings. The smallest absolute Gasteiger partial charge is 0.0736 e. The number of ether oxygens (including phenoxy) is 1. The number of fused-ring (bicyclic) bond motifs is 1. The SMILES string of the molecule is COC(C)C(C)(CN)N1CCN2CCCC2C1. The van der Waals surface area contributed by atoms with Crippen molar-refractivity contribution in [2.24, 2.45) is 5.73 Å². The molecular weight excluding hydrogens is 214 g/mol. The van der Waals surface area contributed by atoms with Gasteiger partial charge in [-0.25, -0.2) is 0 Å². The molecule has 3 unspecified atom stereocenters. The van der Waals surface area contributed by atoms with Gasteiger partial charge in [-0.2, -0.15) is 0 Å². The zero-order chi connectivity index (χ0) is 12.5. The van der Waals surface area contributed by atoms with E-state index in [0.717, 1.165) is 19.1 Å². The summed E-state index contributed by atoms with van der Waals surface area (Å²) in [5.74, 6) is 0. The second-order valence-electron chi connectivity index (χ2n) is 5.72. The monoisotopic (exact) mass is 241 g/mol. The lowest BCUT2D eigenvalue weighted by atomic mass is 9.91. The molecule has 2 aliphatic heterocycles. The molecule has 0 aromatic rings. The Labute approximate surface area is 105 Å². The minimum absolute atomic E-state index is 0.0244. The zero-order valence-corrected chi connectivity index (χ0v) is 11.5. The molecule has 4 heteroatoms. The fourth-order valence-electron chi connectivity index (χ4n) is 3.26. The highest BCUT2D eigenvalue weighted by atomic mass is 16.5. The van der Waals surface area contributed by atoms with E-state index in [1.165, 1.54) is 25.9 Å². The van der Waals surface area contributed by atoms with Crippen LogP contribution in [0.15, 0.2) is 0 Å². The van der Waals surface area contributed by atoms with Crippen LogP contribution < -0.4 is 5.73 Å². The van der Waals surface area contributed by atoms with Crippen LogP contribution in [0.25, 0.3) is 0 Å². The molecular formula is C13H27N3O. The molecule has 0 aliphatic carbocycles. The molecule has 0 radical (unpaired) electrons. The Hall–Kier alpha value is -0.160. The molecule has 2 saturated heterocycles. The molecule has 0 saturated carbocycles. The maximum absolute atomic E-state index is 6.02. The first-order valence-electron chi connectivity index (χ1n) is 6.83. The molecule has 0 amide bonds. The van der Waals surface area contributed by atoms with E-state index in [1.807, 2.05) is 0 Å². The van der Waals surface area contributed by atoms with Gasteiger partial charge in [-0.15, -0.1) is 0 Å². The minimum Gasteiger partial charge on any atom is -0.380 e. The first kappa shape index (κ1) is 13.3. The number of rotatable bonds is 4. The number of methoxy groups -OCH3 is 1. The first-order valence-corrected chi connectivity index (χ1v) is 6.83. The van der Waals surface area contributed by atoms with Gasteiger partial charge in [0.2, 0.25) is 0 Å². The van der Waals surface area contributed by atoms with Crippen molar-refractivity contribution in [2.45, 2.75) is 44.4 Å². The zero-order valence-electron chi connectivity index (χ0n) is 11.5. The second-order valence-corrected chi connectivity index (χ2v) is 5.72. The van der Waals surface area contributed by atoms with Gasteiger partial charge in [0.25, 0.3) is 0 Å². The Kier molecular flexibility index (Phi) is 4.08. The van der Waals surface area contributed by atoms with Crippen LogP contribution >= 0.6 is 0 Å². The average molecular weight is 241 g/mol. The van der Waals surface area contributed by atoms with Gasteiger partial charge in [-0.3, -0.25) is 9.80 Å². The van der Waals surface area contributed by atoms with Crippen molar-refractivity contribution in [3.63, 3.8) is 0 Å². The van der Waals surface area contributed by atoms with Crippen LogP contribution in [-0.2, 0) is 4.74 Å². The van der Waals surface area contributed by atoms with Crippen LogP contribution in [0, 0.1) is 0 Å². The van der Waals surface area contributed by atoms with E-state index in [9.17, 15) is 0 Å². The Bertz CT molecular complexity index is 261. The summed E-state index contributed by atoms with van der Waals surface area (Å²) < 4.78 is 5.54. The number of nitrogens with two attached hydrogens (primary N) is 1. The van der Waals surface area contributed by atoms with Crippen molar-refractivity contribution in [1.82, 2.24) is 9.80 Å². The Morgan fingerprint density at radius 3 is 2.82 bits per heavy atom. The molecule has 17 heavy (non-hydrogen) atoms. The summed E-state index contributed by atoms with van der Waals surface area (Å²) in [7, 11) is 1.78. The van der Waals surface area contributed by atoms with Crippen molar-refractivity contribution in [3.05, 3.63) is 0 Å². The molecule has 0 spiro atoms. The Balaban J connectivity index is 2.05. The topological polar surface area (TPSA) is 41.7 Å². The Morgan fingerprint density at radius 1 is 1.41 bits per heavy atom. The lowest BCUT2D eigenvalue weighted by Gasteiger charge is -2.49. The van der Waals surface area contributed by atoms with Crippen molar-refractivity contribution >= 4 is 0 Å². The third-order valence-electron chi connectivity index (χ3n) is 4.95. The maximum Gasteiger partial charge on any atom is 0.0736 e. The van der Waals surface area contributed by atoms with Crippen molar-refractivity contribution in [2.75, 3.05) is 39.8 Å². The van der Waals surface area contributed by atoms with Gasteiger partial charge < -0.3 is 10.5 Å². The van der Waals surface area contributed by atoms with Gasteiger partial charge in [0.05, 0.1) is 11.6 Å². The highest BCUT2D eigenvalue weighted by Crippen LogP contribution is 2.28. The molecule has 4 nitrogen and oxygen atoms in total. The van der Waals surface area contributed by atoms with Gasteiger partial charge in [0.15, 0.2) is 0 Å². The minimum atomic E-state index is -0.0244. The van der Waals surface area contributed by atoms with E-state index in [1.54, 1.807) is 7.11 Å². The fourth-order valence-corrected chi connectivity index (χ4v) is 3.26.